The number of carbonyl (C=O) groups is 4. The van der Waals surface area contributed by atoms with Crippen LogP contribution < -0.4 is 10.6 Å². The Morgan fingerprint density at radius 3 is 2.33 bits per heavy atom. The van der Waals surface area contributed by atoms with Gasteiger partial charge in [-0.1, -0.05) is 43.7 Å². The molecule has 0 saturated heterocycles. The predicted octanol–water partition coefficient (Wildman–Crippen LogP) is 3.65. The average Bonchev–Trinajstić information content (AvgIpc) is 3.59. The van der Waals surface area contributed by atoms with Crippen LogP contribution in [0.25, 0.3) is 0 Å². The van der Waals surface area contributed by atoms with Crippen LogP contribution in [0.5, 0.6) is 0 Å². The number of amides is 3. The van der Waals surface area contributed by atoms with Crippen molar-refractivity contribution in [2.45, 2.75) is 91.5 Å². The molecule has 36 heavy (non-hydrogen) atoms. The van der Waals surface area contributed by atoms with Crippen molar-refractivity contribution in [2.75, 3.05) is 13.2 Å². The number of nitrogens with zero attached hydrogens (tertiary/aromatic N) is 1. The van der Waals surface area contributed by atoms with Gasteiger partial charge in [0.2, 0.25) is 11.8 Å². The number of aryl methyl sites for hydroxylation is 1. The summed E-state index contributed by atoms with van der Waals surface area (Å²) < 4.78 is 10.3. The molecule has 0 aliphatic heterocycles. The molecule has 1 aromatic carbocycles. The topological polar surface area (TPSA) is 114 Å². The number of benzene rings is 1. The SMILES string of the molecule is CCOC(=O)CCNC(=O)C(c1cccc(C)c1)N(C(=O)C(NC(=O)OC(C)(C)C)C(C)C)C1CC1. The van der Waals surface area contributed by atoms with Crippen molar-refractivity contribution in [2.24, 2.45) is 5.92 Å². The zero-order chi connectivity index (χ0) is 27.0. The van der Waals surface area contributed by atoms with Crippen LogP contribution in [-0.4, -0.2) is 59.6 Å². The van der Waals surface area contributed by atoms with Gasteiger partial charge in [0.1, 0.15) is 17.7 Å². The van der Waals surface area contributed by atoms with E-state index in [1.807, 2.05) is 45.0 Å². The molecule has 0 bridgehead atoms. The van der Waals surface area contributed by atoms with Crippen molar-refractivity contribution in [3.63, 3.8) is 0 Å². The Bertz CT molecular complexity index is 936. The molecule has 1 aromatic rings. The number of rotatable bonds is 11. The lowest BCUT2D eigenvalue weighted by Crippen LogP contribution is -2.55. The summed E-state index contributed by atoms with van der Waals surface area (Å²) in [6.45, 7) is 12.9. The fourth-order valence-electron chi connectivity index (χ4n) is 3.88. The molecule has 9 heteroatoms. The molecule has 0 spiro atoms. The summed E-state index contributed by atoms with van der Waals surface area (Å²) in [6.07, 6.45) is 0.881. The highest BCUT2D eigenvalue weighted by atomic mass is 16.6. The standard InChI is InChI=1S/C27H41N3O6/c1-8-35-21(31)14-15-28-24(32)23(19-11-9-10-18(4)16-19)30(20-12-13-20)25(33)22(17(2)3)29-26(34)36-27(5,6)7/h9-11,16-17,20,22-23H,8,12-15H2,1-7H3,(H,28,32)(H,29,34). The molecule has 0 radical (unpaired) electrons. The normalized spacial score (nSPS) is 15.0. The number of nitrogens with one attached hydrogen (secondary N) is 2. The summed E-state index contributed by atoms with van der Waals surface area (Å²) in [5, 5.41) is 5.52. The van der Waals surface area contributed by atoms with Crippen LogP contribution in [0.2, 0.25) is 0 Å². The molecule has 2 atom stereocenters. The van der Waals surface area contributed by atoms with Gasteiger partial charge in [0.05, 0.1) is 13.0 Å². The van der Waals surface area contributed by atoms with Crippen LogP contribution in [0.15, 0.2) is 24.3 Å². The largest absolute Gasteiger partial charge is 0.466 e. The van der Waals surface area contributed by atoms with Gasteiger partial charge in [0.25, 0.3) is 0 Å². The van der Waals surface area contributed by atoms with Crippen LogP contribution in [0.3, 0.4) is 0 Å². The summed E-state index contributed by atoms with van der Waals surface area (Å²) >= 11 is 0. The Balaban J connectivity index is 2.35. The van der Waals surface area contributed by atoms with E-state index in [4.69, 9.17) is 9.47 Å². The fourth-order valence-corrected chi connectivity index (χ4v) is 3.88. The third kappa shape index (κ3) is 8.84. The van der Waals surface area contributed by atoms with Gasteiger partial charge in [-0.3, -0.25) is 14.4 Å². The maximum atomic E-state index is 13.9. The zero-order valence-corrected chi connectivity index (χ0v) is 22.6. The number of carbonyl (C=O) groups excluding carboxylic acids is 4. The maximum Gasteiger partial charge on any atom is 0.408 e. The fraction of sp³-hybridized carbons (Fsp3) is 0.630. The number of hydrogen-bond donors (Lipinski definition) is 2. The Kier molecular flexibility index (Phi) is 10.3. The number of alkyl carbamates (subject to hydrolysis) is 1. The average molecular weight is 504 g/mol. The molecule has 2 unspecified atom stereocenters. The van der Waals surface area contributed by atoms with E-state index in [2.05, 4.69) is 10.6 Å². The molecule has 1 fully saturated rings. The van der Waals surface area contributed by atoms with Crippen LogP contribution in [0, 0.1) is 12.8 Å². The van der Waals surface area contributed by atoms with Crippen LogP contribution >= 0.6 is 0 Å². The van der Waals surface area contributed by atoms with Gasteiger partial charge in [-0.15, -0.1) is 0 Å². The van der Waals surface area contributed by atoms with E-state index in [0.29, 0.717) is 5.56 Å². The Morgan fingerprint density at radius 1 is 1.14 bits per heavy atom. The first kappa shape index (κ1) is 29.1. The summed E-state index contributed by atoms with van der Waals surface area (Å²) in [4.78, 5) is 53.3. The number of ether oxygens (including phenoxy) is 2. The first-order valence-electron chi connectivity index (χ1n) is 12.7. The monoisotopic (exact) mass is 503 g/mol. The zero-order valence-electron chi connectivity index (χ0n) is 22.6. The molecule has 3 amide bonds. The summed E-state index contributed by atoms with van der Waals surface area (Å²) in [5.74, 6) is -1.37. The van der Waals surface area contributed by atoms with E-state index >= 15 is 0 Å². The third-order valence-electron chi connectivity index (χ3n) is 5.62. The minimum absolute atomic E-state index is 0.0340. The van der Waals surface area contributed by atoms with Crippen LogP contribution in [0.1, 0.15) is 78.0 Å². The maximum absolute atomic E-state index is 13.9. The molecule has 1 aliphatic carbocycles. The minimum atomic E-state index is -0.909. The number of esters is 1. The summed E-state index contributed by atoms with van der Waals surface area (Å²) in [5.41, 5.74) is 0.907. The quantitative estimate of drug-likeness (QED) is 0.446. The van der Waals surface area contributed by atoms with Gasteiger partial charge in [0, 0.05) is 12.6 Å². The highest BCUT2D eigenvalue weighted by molar-refractivity contribution is 5.93. The van der Waals surface area contributed by atoms with Crippen molar-refractivity contribution in [1.29, 1.82) is 0 Å². The van der Waals surface area contributed by atoms with Crippen LogP contribution in [0.4, 0.5) is 4.79 Å². The lowest BCUT2D eigenvalue weighted by Gasteiger charge is -2.36. The minimum Gasteiger partial charge on any atom is -0.466 e. The van der Waals surface area contributed by atoms with Crippen molar-refractivity contribution in [3.8, 4) is 0 Å². The van der Waals surface area contributed by atoms with E-state index in [-0.39, 0.29) is 43.3 Å². The Labute approximate surface area is 214 Å². The van der Waals surface area contributed by atoms with E-state index in [1.54, 1.807) is 32.6 Å². The van der Waals surface area contributed by atoms with Gasteiger partial charge in [0.15, 0.2) is 0 Å². The third-order valence-corrected chi connectivity index (χ3v) is 5.62. The highest BCUT2D eigenvalue weighted by Gasteiger charge is 2.44. The molecule has 9 nitrogen and oxygen atoms in total. The lowest BCUT2D eigenvalue weighted by atomic mass is 9.97. The van der Waals surface area contributed by atoms with Gasteiger partial charge >= 0.3 is 12.1 Å². The molecule has 2 N–H and O–H groups in total. The van der Waals surface area contributed by atoms with E-state index in [9.17, 15) is 19.2 Å². The van der Waals surface area contributed by atoms with Crippen molar-refractivity contribution in [3.05, 3.63) is 35.4 Å². The molecule has 0 aromatic heterocycles. The molecule has 2 rings (SSSR count). The smallest absolute Gasteiger partial charge is 0.408 e. The molecular weight excluding hydrogens is 462 g/mol. The lowest BCUT2D eigenvalue weighted by molar-refractivity contribution is -0.145. The molecule has 0 heterocycles. The van der Waals surface area contributed by atoms with E-state index in [1.165, 1.54) is 0 Å². The first-order chi connectivity index (χ1) is 16.8. The number of hydrogen-bond acceptors (Lipinski definition) is 6. The van der Waals surface area contributed by atoms with Gasteiger partial charge in [-0.25, -0.2) is 4.79 Å². The molecule has 1 saturated carbocycles. The predicted molar refractivity (Wildman–Crippen MR) is 136 cm³/mol. The first-order valence-corrected chi connectivity index (χ1v) is 12.7. The second kappa shape index (κ2) is 12.7. The molecule has 200 valence electrons. The van der Waals surface area contributed by atoms with E-state index < -0.39 is 29.7 Å². The van der Waals surface area contributed by atoms with Crippen molar-refractivity contribution >= 4 is 23.9 Å². The van der Waals surface area contributed by atoms with Gasteiger partial charge in [-0.05, 0) is 58.9 Å². The molecular formula is C27H41N3O6. The second-order valence-electron chi connectivity index (χ2n) is 10.5. The Morgan fingerprint density at radius 2 is 1.81 bits per heavy atom. The Hall–Kier alpha value is -3.10. The summed E-state index contributed by atoms with van der Waals surface area (Å²) in [6, 6.07) is 5.55. The molecule has 1 aliphatic rings. The van der Waals surface area contributed by atoms with E-state index in [0.717, 1.165) is 18.4 Å². The van der Waals surface area contributed by atoms with Gasteiger partial charge in [-0.2, -0.15) is 0 Å². The van der Waals surface area contributed by atoms with Crippen LogP contribution in [-0.2, 0) is 23.9 Å². The van der Waals surface area contributed by atoms with Crippen molar-refractivity contribution in [1.82, 2.24) is 15.5 Å². The highest BCUT2D eigenvalue weighted by Crippen LogP contribution is 2.36. The van der Waals surface area contributed by atoms with Gasteiger partial charge < -0.3 is 25.0 Å². The summed E-state index contributed by atoms with van der Waals surface area (Å²) in [7, 11) is 0. The second-order valence-corrected chi connectivity index (χ2v) is 10.5. The van der Waals surface area contributed by atoms with Crippen molar-refractivity contribution < 1.29 is 28.7 Å².